The first-order chi connectivity index (χ1) is 13.7. The van der Waals surface area contributed by atoms with Crippen molar-refractivity contribution in [3.8, 4) is 0 Å². The number of rotatable bonds is 5. The summed E-state index contributed by atoms with van der Waals surface area (Å²) in [6.45, 7) is 8.11. The van der Waals surface area contributed by atoms with Crippen molar-refractivity contribution >= 4 is 40.9 Å². The second-order valence-corrected chi connectivity index (χ2v) is 8.02. The molecule has 3 heterocycles. The van der Waals surface area contributed by atoms with Gasteiger partial charge in [-0.15, -0.1) is 24.0 Å². The van der Waals surface area contributed by atoms with Gasteiger partial charge in [0.05, 0.1) is 13.2 Å². The van der Waals surface area contributed by atoms with Gasteiger partial charge in [-0.05, 0) is 38.2 Å². The number of nitrogens with one attached hydrogen (secondary N) is 2. The van der Waals surface area contributed by atoms with Crippen molar-refractivity contribution in [1.29, 1.82) is 0 Å². The van der Waals surface area contributed by atoms with Gasteiger partial charge >= 0.3 is 0 Å². The number of piperidine rings is 1. The first-order valence-corrected chi connectivity index (χ1v) is 10.5. The lowest BCUT2D eigenvalue weighted by molar-refractivity contribution is 0.150. The predicted molar refractivity (Wildman–Crippen MR) is 128 cm³/mol. The number of hydrogen-bond acceptors (Lipinski definition) is 4. The standard InChI is InChI=1S/C22H32N4O2.HI/c1-16-19-5-3-4-6-20(19)28-21(16)13-24-22(23-2)25-18-7-10-26(11-8-18)14-17-9-12-27-15-17;/h3-6,17-18H,7-15H2,1-2H3,(H2,23,24,25);1H. The number of furan rings is 1. The maximum Gasteiger partial charge on any atom is 0.191 e. The predicted octanol–water partition coefficient (Wildman–Crippen LogP) is 3.53. The number of likely N-dealkylation sites (tertiary alicyclic amines) is 1. The van der Waals surface area contributed by atoms with E-state index in [9.17, 15) is 0 Å². The lowest BCUT2D eigenvalue weighted by Gasteiger charge is -2.34. The fourth-order valence-electron chi connectivity index (χ4n) is 4.30. The number of nitrogens with zero attached hydrogens (tertiary/aromatic N) is 2. The minimum absolute atomic E-state index is 0. The molecule has 0 aliphatic carbocycles. The van der Waals surface area contributed by atoms with Crippen LogP contribution in [0.5, 0.6) is 0 Å². The number of halogens is 1. The lowest BCUT2D eigenvalue weighted by Crippen LogP contribution is -2.49. The molecule has 29 heavy (non-hydrogen) atoms. The molecular weight excluding hydrogens is 479 g/mol. The van der Waals surface area contributed by atoms with Crippen molar-refractivity contribution in [1.82, 2.24) is 15.5 Å². The molecule has 2 N–H and O–H groups in total. The van der Waals surface area contributed by atoms with Gasteiger partial charge in [0.25, 0.3) is 0 Å². The Morgan fingerprint density at radius 2 is 2.00 bits per heavy atom. The summed E-state index contributed by atoms with van der Waals surface area (Å²) < 4.78 is 11.5. The molecule has 160 valence electrons. The number of para-hydroxylation sites is 1. The van der Waals surface area contributed by atoms with Crippen LogP contribution in [0.4, 0.5) is 0 Å². The monoisotopic (exact) mass is 512 g/mol. The van der Waals surface area contributed by atoms with Crippen LogP contribution in [0.15, 0.2) is 33.7 Å². The van der Waals surface area contributed by atoms with Crippen molar-refractivity contribution < 1.29 is 9.15 Å². The largest absolute Gasteiger partial charge is 0.459 e. The summed E-state index contributed by atoms with van der Waals surface area (Å²) >= 11 is 0. The lowest BCUT2D eigenvalue weighted by atomic mass is 10.0. The number of hydrogen-bond donors (Lipinski definition) is 2. The maximum atomic E-state index is 6.00. The van der Waals surface area contributed by atoms with Crippen LogP contribution in [-0.4, -0.2) is 56.8 Å². The Hall–Kier alpha value is -1.32. The average Bonchev–Trinajstić information content (AvgIpc) is 3.35. The summed E-state index contributed by atoms with van der Waals surface area (Å²) in [7, 11) is 1.83. The molecular formula is C22H33IN4O2. The zero-order valence-electron chi connectivity index (χ0n) is 17.4. The summed E-state index contributed by atoms with van der Waals surface area (Å²) in [6, 6.07) is 8.66. The average molecular weight is 512 g/mol. The van der Waals surface area contributed by atoms with E-state index in [1.165, 1.54) is 23.9 Å². The van der Waals surface area contributed by atoms with Gasteiger partial charge in [0, 0.05) is 50.3 Å². The molecule has 0 amide bonds. The summed E-state index contributed by atoms with van der Waals surface area (Å²) in [5.74, 6) is 2.55. The third-order valence-corrected chi connectivity index (χ3v) is 6.05. The van der Waals surface area contributed by atoms with Gasteiger partial charge < -0.3 is 24.7 Å². The van der Waals surface area contributed by atoms with Crippen LogP contribution in [-0.2, 0) is 11.3 Å². The Bertz CT molecular complexity index is 808. The topological polar surface area (TPSA) is 62.0 Å². The molecule has 1 aromatic carbocycles. The zero-order valence-corrected chi connectivity index (χ0v) is 19.8. The maximum absolute atomic E-state index is 6.00. The fourth-order valence-corrected chi connectivity index (χ4v) is 4.30. The molecule has 1 atom stereocenters. The van der Waals surface area contributed by atoms with Crippen LogP contribution in [0, 0.1) is 12.8 Å². The minimum Gasteiger partial charge on any atom is -0.459 e. The Morgan fingerprint density at radius 3 is 2.69 bits per heavy atom. The van der Waals surface area contributed by atoms with Crippen LogP contribution >= 0.6 is 24.0 Å². The fraction of sp³-hybridized carbons (Fsp3) is 0.591. The highest BCUT2D eigenvalue weighted by Crippen LogP contribution is 2.24. The number of guanidine groups is 1. The van der Waals surface area contributed by atoms with E-state index in [-0.39, 0.29) is 24.0 Å². The molecule has 1 unspecified atom stereocenters. The number of fused-ring (bicyclic) bond motifs is 1. The van der Waals surface area contributed by atoms with Crippen LogP contribution in [0.2, 0.25) is 0 Å². The number of ether oxygens (including phenoxy) is 1. The minimum atomic E-state index is 0. The van der Waals surface area contributed by atoms with E-state index < -0.39 is 0 Å². The smallest absolute Gasteiger partial charge is 0.191 e. The van der Waals surface area contributed by atoms with Crippen molar-refractivity contribution in [2.45, 2.75) is 38.8 Å². The molecule has 0 spiro atoms. The molecule has 1 aromatic heterocycles. The van der Waals surface area contributed by atoms with Gasteiger partial charge in [0.1, 0.15) is 11.3 Å². The molecule has 0 radical (unpaired) electrons. The molecule has 2 fully saturated rings. The van der Waals surface area contributed by atoms with Crippen molar-refractivity contribution in [3.05, 3.63) is 35.6 Å². The summed E-state index contributed by atoms with van der Waals surface area (Å²) in [4.78, 5) is 6.99. The summed E-state index contributed by atoms with van der Waals surface area (Å²) in [5.41, 5.74) is 2.14. The van der Waals surface area contributed by atoms with Gasteiger partial charge in [0.15, 0.2) is 5.96 Å². The highest BCUT2D eigenvalue weighted by Gasteiger charge is 2.24. The normalized spacial score (nSPS) is 21.3. The molecule has 2 aliphatic rings. The SMILES string of the molecule is CN=C(NCc1oc2ccccc2c1C)NC1CCN(CC2CCOC2)CC1.I. The quantitative estimate of drug-likeness (QED) is 0.365. The second-order valence-electron chi connectivity index (χ2n) is 8.02. The van der Waals surface area contributed by atoms with Crippen LogP contribution in [0.3, 0.4) is 0 Å². The zero-order chi connectivity index (χ0) is 19.3. The van der Waals surface area contributed by atoms with E-state index in [0.29, 0.717) is 12.6 Å². The number of aryl methyl sites for hydroxylation is 1. The molecule has 2 aromatic rings. The number of aliphatic imine (C=N–C) groups is 1. The van der Waals surface area contributed by atoms with Crippen molar-refractivity contribution in [3.63, 3.8) is 0 Å². The first-order valence-electron chi connectivity index (χ1n) is 10.5. The van der Waals surface area contributed by atoms with E-state index in [1.807, 2.05) is 19.2 Å². The van der Waals surface area contributed by atoms with Crippen LogP contribution in [0.25, 0.3) is 11.0 Å². The highest BCUT2D eigenvalue weighted by molar-refractivity contribution is 14.0. The van der Waals surface area contributed by atoms with Gasteiger partial charge in [-0.25, -0.2) is 0 Å². The van der Waals surface area contributed by atoms with Crippen molar-refractivity contribution in [2.75, 3.05) is 39.9 Å². The van der Waals surface area contributed by atoms with Gasteiger partial charge in [-0.2, -0.15) is 0 Å². The van der Waals surface area contributed by atoms with Crippen LogP contribution in [0.1, 0.15) is 30.6 Å². The molecule has 2 aliphatic heterocycles. The number of benzene rings is 1. The Kier molecular flexibility index (Phi) is 8.20. The highest BCUT2D eigenvalue weighted by atomic mass is 127. The first kappa shape index (κ1) is 22.4. The third-order valence-electron chi connectivity index (χ3n) is 6.05. The van der Waals surface area contributed by atoms with Crippen molar-refractivity contribution in [2.24, 2.45) is 10.9 Å². The molecule has 4 rings (SSSR count). The Labute approximate surface area is 190 Å². The van der Waals surface area contributed by atoms with E-state index in [0.717, 1.165) is 62.4 Å². The van der Waals surface area contributed by atoms with Gasteiger partial charge in [-0.1, -0.05) is 18.2 Å². The molecule has 6 nitrogen and oxygen atoms in total. The Morgan fingerprint density at radius 1 is 1.21 bits per heavy atom. The van der Waals surface area contributed by atoms with E-state index in [2.05, 4.69) is 39.6 Å². The van der Waals surface area contributed by atoms with Crippen LogP contribution < -0.4 is 10.6 Å². The third kappa shape index (κ3) is 5.64. The van der Waals surface area contributed by atoms with Gasteiger partial charge in [0.2, 0.25) is 0 Å². The summed E-state index contributed by atoms with van der Waals surface area (Å²) in [6.07, 6.45) is 3.52. The van der Waals surface area contributed by atoms with Gasteiger partial charge in [-0.3, -0.25) is 4.99 Å². The summed E-state index contributed by atoms with van der Waals surface area (Å²) in [5, 5.41) is 8.19. The molecule has 7 heteroatoms. The van der Waals surface area contributed by atoms with E-state index >= 15 is 0 Å². The molecule has 0 saturated carbocycles. The molecule has 2 saturated heterocycles. The second kappa shape index (κ2) is 10.6. The molecule has 0 bridgehead atoms. The Balaban J connectivity index is 0.00000240. The van der Waals surface area contributed by atoms with E-state index in [4.69, 9.17) is 9.15 Å². The van der Waals surface area contributed by atoms with E-state index in [1.54, 1.807) is 0 Å².